The van der Waals surface area contributed by atoms with Crippen LogP contribution >= 0.6 is 0 Å². The van der Waals surface area contributed by atoms with Gasteiger partial charge >= 0.3 is 5.97 Å². The molecule has 138 valence electrons. The molecule has 2 aromatic carbocycles. The van der Waals surface area contributed by atoms with Crippen molar-refractivity contribution >= 4 is 29.4 Å². The third-order valence-corrected chi connectivity index (χ3v) is 3.36. The third kappa shape index (κ3) is 6.13. The number of rotatable bonds is 5. The van der Waals surface area contributed by atoms with Gasteiger partial charge in [0.2, 0.25) is 0 Å². The molecule has 0 aliphatic rings. The van der Waals surface area contributed by atoms with E-state index in [-0.39, 0.29) is 11.5 Å². The highest BCUT2D eigenvalue weighted by Crippen LogP contribution is 2.12. The summed E-state index contributed by atoms with van der Waals surface area (Å²) in [5, 5.41) is 11.1. The van der Waals surface area contributed by atoms with Crippen molar-refractivity contribution in [1.82, 2.24) is 10.9 Å². The van der Waals surface area contributed by atoms with Crippen molar-refractivity contribution in [2.75, 3.05) is 5.32 Å². The molecule has 0 radical (unpaired) electrons. The van der Waals surface area contributed by atoms with Crippen LogP contribution in [0.2, 0.25) is 0 Å². The first kappa shape index (κ1) is 19.4. The second-order valence-electron chi connectivity index (χ2n) is 5.52. The number of carboxylic acids is 1. The van der Waals surface area contributed by atoms with Crippen molar-refractivity contribution < 1.29 is 24.3 Å². The SMILES string of the molecule is Cc1cccc(C(=O)Nc2ccc(C(=O)NNC(=O)/C=C/C(=O)O)cc2)c1. The molecule has 0 saturated heterocycles. The van der Waals surface area contributed by atoms with Crippen LogP contribution in [-0.4, -0.2) is 28.8 Å². The lowest BCUT2D eigenvalue weighted by atomic mass is 10.1. The number of aliphatic carboxylic acids is 1. The molecule has 0 heterocycles. The first-order chi connectivity index (χ1) is 12.8. The van der Waals surface area contributed by atoms with Crippen LogP contribution in [0.1, 0.15) is 26.3 Å². The summed E-state index contributed by atoms with van der Waals surface area (Å²) in [5.74, 6) is -2.93. The molecule has 4 N–H and O–H groups in total. The Morgan fingerprint density at radius 3 is 2.19 bits per heavy atom. The smallest absolute Gasteiger partial charge is 0.328 e. The molecule has 8 nitrogen and oxygen atoms in total. The predicted molar refractivity (Wildman–Crippen MR) is 98.0 cm³/mol. The average Bonchev–Trinajstić information content (AvgIpc) is 2.65. The minimum absolute atomic E-state index is 0.242. The van der Waals surface area contributed by atoms with E-state index in [2.05, 4.69) is 16.2 Å². The van der Waals surface area contributed by atoms with Crippen LogP contribution in [0.4, 0.5) is 5.69 Å². The number of nitrogens with one attached hydrogen (secondary N) is 3. The van der Waals surface area contributed by atoms with E-state index in [1.54, 1.807) is 30.3 Å². The zero-order chi connectivity index (χ0) is 19.8. The van der Waals surface area contributed by atoms with Crippen molar-refractivity contribution in [3.63, 3.8) is 0 Å². The molecular weight excluding hydrogens is 350 g/mol. The normalized spacial score (nSPS) is 10.3. The lowest BCUT2D eigenvalue weighted by Crippen LogP contribution is -2.40. The molecule has 0 fully saturated rings. The number of aryl methyl sites for hydroxylation is 1. The van der Waals surface area contributed by atoms with Gasteiger partial charge < -0.3 is 10.4 Å². The second-order valence-corrected chi connectivity index (χ2v) is 5.52. The monoisotopic (exact) mass is 367 g/mol. The van der Waals surface area contributed by atoms with Crippen molar-refractivity contribution in [2.45, 2.75) is 6.92 Å². The Morgan fingerprint density at radius 1 is 0.852 bits per heavy atom. The largest absolute Gasteiger partial charge is 0.478 e. The highest BCUT2D eigenvalue weighted by molar-refractivity contribution is 6.04. The number of hydrazine groups is 1. The van der Waals surface area contributed by atoms with E-state index in [4.69, 9.17) is 5.11 Å². The zero-order valence-corrected chi connectivity index (χ0v) is 14.4. The fourth-order valence-electron chi connectivity index (χ4n) is 2.07. The second kappa shape index (κ2) is 8.95. The lowest BCUT2D eigenvalue weighted by Gasteiger charge is -2.08. The molecule has 3 amide bonds. The zero-order valence-electron chi connectivity index (χ0n) is 14.4. The molecule has 0 saturated carbocycles. The maximum absolute atomic E-state index is 12.2. The molecular formula is C19H17N3O5. The first-order valence-electron chi connectivity index (χ1n) is 7.84. The molecule has 0 atom stereocenters. The van der Waals surface area contributed by atoms with E-state index in [1.165, 1.54) is 12.1 Å². The lowest BCUT2D eigenvalue weighted by molar-refractivity contribution is -0.131. The van der Waals surface area contributed by atoms with E-state index in [1.807, 2.05) is 13.0 Å². The Hall–Kier alpha value is -3.94. The van der Waals surface area contributed by atoms with E-state index < -0.39 is 17.8 Å². The highest BCUT2D eigenvalue weighted by atomic mass is 16.4. The Labute approximate surface area is 154 Å². The number of carbonyl (C=O) groups is 4. The molecule has 2 rings (SSSR count). The fraction of sp³-hybridized carbons (Fsp3) is 0.0526. The van der Waals surface area contributed by atoms with Crippen LogP contribution in [-0.2, 0) is 9.59 Å². The van der Waals surface area contributed by atoms with Gasteiger partial charge in [-0.3, -0.25) is 25.2 Å². The quantitative estimate of drug-likeness (QED) is 0.472. The number of carboxylic acid groups (broad SMARTS) is 1. The molecule has 27 heavy (non-hydrogen) atoms. The summed E-state index contributed by atoms with van der Waals surface area (Å²) >= 11 is 0. The first-order valence-corrected chi connectivity index (χ1v) is 7.84. The van der Waals surface area contributed by atoms with Crippen molar-refractivity contribution in [1.29, 1.82) is 0 Å². The molecule has 0 spiro atoms. The number of amides is 3. The van der Waals surface area contributed by atoms with Crippen LogP contribution in [0, 0.1) is 6.92 Å². The van der Waals surface area contributed by atoms with Gasteiger partial charge in [0.05, 0.1) is 0 Å². The van der Waals surface area contributed by atoms with Crippen LogP contribution in [0.15, 0.2) is 60.7 Å². The van der Waals surface area contributed by atoms with Crippen LogP contribution in [0.3, 0.4) is 0 Å². The summed E-state index contributed by atoms with van der Waals surface area (Å²) in [6.45, 7) is 1.89. The molecule has 0 aliphatic carbocycles. The number of hydrogen-bond donors (Lipinski definition) is 4. The number of benzene rings is 2. The Balaban J connectivity index is 1.92. The van der Waals surface area contributed by atoms with Gasteiger partial charge in [0.25, 0.3) is 17.7 Å². The Morgan fingerprint density at radius 2 is 1.56 bits per heavy atom. The van der Waals surface area contributed by atoms with Crippen LogP contribution in [0.25, 0.3) is 0 Å². The third-order valence-electron chi connectivity index (χ3n) is 3.36. The summed E-state index contributed by atoms with van der Waals surface area (Å²) in [7, 11) is 0. The summed E-state index contributed by atoms with van der Waals surface area (Å²) in [5.41, 5.74) is 6.43. The highest BCUT2D eigenvalue weighted by Gasteiger charge is 2.09. The number of anilines is 1. The van der Waals surface area contributed by atoms with Gasteiger partial charge in [0.1, 0.15) is 0 Å². The predicted octanol–water partition coefficient (Wildman–Crippen LogP) is 1.65. The Bertz CT molecular complexity index is 904. The summed E-state index contributed by atoms with van der Waals surface area (Å²) in [6, 6.07) is 13.2. The van der Waals surface area contributed by atoms with Crippen molar-refractivity contribution in [2.24, 2.45) is 0 Å². The van der Waals surface area contributed by atoms with Gasteiger partial charge in [-0.05, 0) is 43.3 Å². The molecule has 0 aromatic heterocycles. The molecule has 0 bridgehead atoms. The fourth-order valence-corrected chi connectivity index (χ4v) is 2.07. The van der Waals surface area contributed by atoms with E-state index in [0.29, 0.717) is 17.3 Å². The van der Waals surface area contributed by atoms with Gasteiger partial charge in [0.15, 0.2) is 0 Å². The Kier molecular flexibility index (Phi) is 6.43. The molecule has 8 heteroatoms. The standard InChI is InChI=1S/C19H17N3O5/c1-12-3-2-4-14(11-12)18(26)20-15-7-5-13(6-8-15)19(27)22-21-16(23)9-10-17(24)25/h2-11H,1H3,(H,20,26)(H,21,23)(H,22,27)(H,24,25)/b10-9+. The number of hydrogen-bond acceptors (Lipinski definition) is 4. The van der Waals surface area contributed by atoms with Crippen LogP contribution in [0.5, 0.6) is 0 Å². The summed E-state index contributed by atoms with van der Waals surface area (Å²) in [6.07, 6.45) is 1.42. The van der Waals surface area contributed by atoms with Crippen LogP contribution < -0.4 is 16.2 Å². The maximum Gasteiger partial charge on any atom is 0.328 e. The van der Waals surface area contributed by atoms with Gasteiger partial charge in [-0.15, -0.1) is 0 Å². The summed E-state index contributed by atoms with van der Waals surface area (Å²) < 4.78 is 0. The average molecular weight is 367 g/mol. The van der Waals surface area contributed by atoms with Gasteiger partial charge in [-0.25, -0.2) is 4.79 Å². The van der Waals surface area contributed by atoms with E-state index in [0.717, 1.165) is 11.6 Å². The minimum atomic E-state index is -1.28. The molecule has 0 unspecified atom stereocenters. The van der Waals surface area contributed by atoms with E-state index >= 15 is 0 Å². The van der Waals surface area contributed by atoms with Crippen molar-refractivity contribution in [3.05, 3.63) is 77.4 Å². The maximum atomic E-state index is 12.2. The van der Waals surface area contributed by atoms with Gasteiger partial charge in [-0.2, -0.15) is 0 Å². The van der Waals surface area contributed by atoms with Gasteiger partial charge in [-0.1, -0.05) is 17.7 Å². The number of carbonyl (C=O) groups excluding carboxylic acids is 3. The molecule has 2 aromatic rings. The van der Waals surface area contributed by atoms with Gasteiger partial charge in [0, 0.05) is 29.0 Å². The van der Waals surface area contributed by atoms with E-state index in [9.17, 15) is 19.2 Å². The van der Waals surface area contributed by atoms with Crippen molar-refractivity contribution in [3.8, 4) is 0 Å². The topological polar surface area (TPSA) is 125 Å². The molecule has 0 aliphatic heterocycles. The summed E-state index contributed by atoms with van der Waals surface area (Å²) in [4.78, 5) is 45.7. The minimum Gasteiger partial charge on any atom is -0.478 e.